The molecule has 2 aliphatic heterocycles. The number of ether oxygens (including phenoxy) is 1. The van der Waals surface area contributed by atoms with Gasteiger partial charge in [0.05, 0.1) is 6.04 Å². The van der Waals surface area contributed by atoms with E-state index in [-0.39, 0.29) is 17.9 Å². The predicted octanol–water partition coefficient (Wildman–Crippen LogP) is 2.15. The van der Waals surface area contributed by atoms with Crippen molar-refractivity contribution in [3.05, 3.63) is 35.9 Å². The molecule has 0 spiro atoms. The molecule has 1 aromatic rings. The number of amides is 1. The average Bonchev–Trinajstić information content (AvgIpc) is 2.62. The van der Waals surface area contributed by atoms with Gasteiger partial charge in [-0.25, -0.2) is 0 Å². The van der Waals surface area contributed by atoms with Gasteiger partial charge in [0.1, 0.15) is 0 Å². The summed E-state index contributed by atoms with van der Waals surface area (Å²) in [5.41, 5.74) is 7.61. The number of carbonyl (C=O) groups excluding carboxylic acids is 1. The van der Waals surface area contributed by atoms with Crippen molar-refractivity contribution in [3.8, 4) is 0 Å². The Labute approximate surface area is 132 Å². The van der Waals surface area contributed by atoms with Crippen molar-refractivity contribution >= 4 is 5.91 Å². The lowest BCUT2D eigenvalue weighted by molar-refractivity contribution is -0.135. The van der Waals surface area contributed by atoms with Gasteiger partial charge in [-0.3, -0.25) is 4.79 Å². The highest BCUT2D eigenvalue weighted by atomic mass is 16.5. The van der Waals surface area contributed by atoms with E-state index < -0.39 is 0 Å². The summed E-state index contributed by atoms with van der Waals surface area (Å²) in [5, 5.41) is 0. The monoisotopic (exact) mass is 302 g/mol. The van der Waals surface area contributed by atoms with Gasteiger partial charge in [-0.2, -0.15) is 0 Å². The molecule has 2 fully saturated rings. The van der Waals surface area contributed by atoms with Crippen molar-refractivity contribution in [2.45, 2.75) is 37.6 Å². The second-order valence-electron chi connectivity index (χ2n) is 6.49. The Hall–Kier alpha value is -1.39. The first-order valence-electron chi connectivity index (χ1n) is 8.43. The number of carbonyl (C=O) groups is 1. The molecule has 4 heteroatoms. The fourth-order valence-corrected chi connectivity index (χ4v) is 3.65. The molecule has 0 bridgehead atoms. The third-order valence-electron chi connectivity index (χ3n) is 5.14. The maximum atomic E-state index is 12.6. The molecule has 0 radical (unpaired) electrons. The van der Waals surface area contributed by atoms with Crippen LogP contribution in [0.15, 0.2) is 30.3 Å². The first kappa shape index (κ1) is 15.5. The van der Waals surface area contributed by atoms with Crippen molar-refractivity contribution in [2.75, 3.05) is 26.3 Å². The molecule has 2 heterocycles. The molecule has 1 aromatic carbocycles. The molecule has 120 valence electrons. The molecule has 2 N–H and O–H groups in total. The first-order chi connectivity index (χ1) is 10.8. The quantitative estimate of drug-likeness (QED) is 0.931. The Morgan fingerprint density at radius 1 is 1.09 bits per heavy atom. The van der Waals surface area contributed by atoms with Gasteiger partial charge in [0, 0.05) is 26.3 Å². The van der Waals surface area contributed by atoms with Gasteiger partial charge in [0.15, 0.2) is 0 Å². The first-order valence-corrected chi connectivity index (χ1v) is 8.43. The van der Waals surface area contributed by atoms with Gasteiger partial charge < -0.3 is 15.4 Å². The maximum absolute atomic E-state index is 12.6. The molecule has 1 amide bonds. The minimum atomic E-state index is -0.350. The molecule has 0 aromatic heterocycles. The van der Waals surface area contributed by atoms with Gasteiger partial charge in [-0.1, -0.05) is 30.3 Å². The summed E-state index contributed by atoms with van der Waals surface area (Å²) in [6, 6.07) is 10.3. The maximum Gasteiger partial charge on any atom is 0.239 e. The Morgan fingerprint density at radius 3 is 2.36 bits per heavy atom. The second-order valence-corrected chi connectivity index (χ2v) is 6.49. The van der Waals surface area contributed by atoms with E-state index in [0.717, 1.165) is 52.0 Å². The van der Waals surface area contributed by atoms with E-state index in [1.54, 1.807) is 0 Å². The average molecular weight is 302 g/mol. The lowest BCUT2D eigenvalue weighted by atomic mass is 9.87. The van der Waals surface area contributed by atoms with Gasteiger partial charge in [-0.15, -0.1) is 0 Å². The molecule has 4 nitrogen and oxygen atoms in total. The molecule has 22 heavy (non-hydrogen) atoms. The van der Waals surface area contributed by atoms with Crippen LogP contribution in [-0.2, 0) is 9.53 Å². The van der Waals surface area contributed by atoms with Crippen molar-refractivity contribution in [1.82, 2.24) is 4.90 Å². The number of nitrogens with zero attached hydrogens (tertiary/aromatic N) is 1. The minimum Gasteiger partial charge on any atom is -0.381 e. The number of hydrogen-bond acceptors (Lipinski definition) is 3. The Kier molecular flexibility index (Phi) is 5.11. The number of nitrogens with two attached hydrogens (primary N) is 1. The van der Waals surface area contributed by atoms with E-state index in [4.69, 9.17) is 10.5 Å². The zero-order valence-corrected chi connectivity index (χ0v) is 13.1. The Morgan fingerprint density at radius 2 is 1.73 bits per heavy atom. The van der Waals surface area contributed by atoms with Crippen molar-refractivity contribution < 1.29 is 9.53 Å². The van der Waals surface area contributed by atoms with Crippen LogP contribution < -0.4 is 5.73 Å². The predicted molar refractivity (Wildman–Crippen MR) is 86.5 cm³/mol. The molecular formula is C18H26N2O2. The van der Waals surface area contributed by atoms with Gasteiger partial charge in [-0.05, 0) is 43.1 Å². The molecule has 0 aliphatic carbocycles. The minimum absolute atomic E-state index is 0.137. The summed E-state index contributed by atoms with van der Waals surface area (Å²) in [5.74, 6) is 0.996. The summed E-state index contributed by atoms with van der Waals surface area (Å²) < 4.78 is 5.36. The zero-order valence-electron chi connectivity index (χ0n) is 13.1. The zero-order chi connectivity index (χ0) is 15.4. The molecular weight excluding hydrogens is 276 g/mol. The van der Waals surface area contributed by atoms with Crippen LogP contribution in [0.25, 0.3) is 0 Å². The van der Waals surface area contributed by atoms with Crippen molar-refractivity contribution in [2.24, 2.45) is 11.7 Å². The van der Waals surface area contributed by atoms with Gasteiger partial charge in [0.2, 0.25) is 5.91 Å². The third-order valence-corrected chi connectivity index (χ3v) is 5.14. The third kappa shape index (κ3) is 3.50. The topological polar surface area (TPSA) is 55.6 Å². The smallest absolute Gasteiger partial charge is 0.239 e. The van der Waals surface area contributed by atoms with Gasteiger partial charge in [0.25, 0.3) is 0 Å². The van der Waals surface area contributed by atoms with E-state index in [1.165, 1.54) is 5.56 Å². The van der Waals surface area contributed by atoms with Crippen LogP contribution in [0.5, 0.6) is 0 Å². The standard InChI is InChI=1S/C18H26N2O2/c19-17(16-8-12-22-13-9-16)18(21)20-10-6-15(7-11-20)14-4-2-1-3-5-14/h1-5,15-17H,6-13,19H2. The Bertz CT molecular complexity index is 477. The van der Waals surface area contributed by atoms with Gasteiger partial charge >= 0.3 is 0 Å². The molecule has 1 unspecified atom stereocenters. The summed E-state index contributed by atoms with van der Waals surface area (Å²) >= 11 is 0. The van der Waals surface area contributed by atoms with E-state index in [2.05, 4.69) is 30.3 Å². The lowest BCUT2D eigenvalue weighted by Crippen LogP contribution is -2.51. The number of benzene rings is 1. The van der Waals surface area contributed by atoms with Crippen LogP contribution in [0.2, 0.25) is 0 Å². The molecule has 2 saturated heterocycles. The number of hydrogen-bond donors (Lipinski definition) is 1. The summed E-state index contributed by atoms with van der Waals surface area (Å²) in [6.07, 6.45) is 3.90. The van der Waals surface area contributed by atoms with E-state index >= 15 is 0 Å². The summed E-state index contributed by atoms with van der Waals surface area (Å²) in [4.78, 5) is 14.6. The molecule has 2 aliphatic rings. The molecule has 3 rings (SSSR count). The highest BCUT2D eigenvalue weighted by Crippen LogP contribution is 2.28. The van der Waals surface area contributed by atoms with Crippen LogP contribution in [0.3, 0.4) is 0 Å². The van der Waals surface area contributed by atoms with Crippen LogP contribution in [0.1, 0.15) is 37.2 Å². The lowest BCUT2D eigenvalue weighted by Gasteiger charge is -2.36. The SMILES string of the molecule is NC(C(=O)N1CCC(c2ccccc2)CC1)C1CCOCC1. The number of rotatable bonds is 3. The molecule has 1 atom stereocenters. The van der Waals surface area contributed by atoms with Crippen LogP contribution >= 0.6 is 0 Å². The van der Waals surface area contributed by atoms with Crippen molar-refractivity contribution in [1.29, 1.82) is 0 Å². The van der Waals surface area contributed by atoms with E-state index in [1.807, 2.05) is 4.90 Å². The van der Waals surface area contributed by atoms with Crippen LogP contribution in [0.4, 0.5) is 0 Å². The largest absolute Gasteiger partial charge is 0.381 e. The fraction of sp³-hybridized carbons (Fsp3) is 0.611. The second kappa shape index (κ2) is 7.25. The Balaban J connectivity index is 1.53. The normalized spacial score (nSPS) is 22.5. The summed E-state index contributed by atoms with van der Waals surface area (Å²) in [7, 11) is 0. The van der Waals surface area contributed by atoms with Crippen LogP contribution in [-0.4, -0.2) is 43.2 Å². The highest BCUT2D eigenvalue weighted by Gasteiger charge is 2.32. The number of likely N-dealkylation sites (tertiary alicyclic amines) is 1. The van der Waals surface area contributed by atoms with Crippen molar-refractivity contribution in [3.63, 3.8) is 0 Å². The molecule has 0 saturated carbocycles. The highest BCUT2D eigenvalue weighted by molar-refractivity contribution is 5.82. The summed E-state index contributed by atoms with van der Waals surface area (Å²) in [6.45, 7) is 3.13. The van der Waals surface area contributed by atoms with E-state index in [0.29, 0.717) is 5.92 Å². The fourth-order valence-electron chi connectivity index (χ4n) is 3.65. The van der Waals surface area contributed by atoms with E-state index in [9.17, 15) is 4.79 Å². The number of piperidine rings is 1. The van der Waals surface area contributed by atoms with Crippen LogP contribution in [0, 0.1) is 5.92 Å².